The molecule has 0 spiro atoms. The molecule has 28 heavy (non-hydrogen) atoms. The molecule has 0 bridgehead atoms. The fraction of sp³-hybridized carbons (Fsp3) is 0.412. The van der Waals surface area contributed by atoms with Gasteiger partial charge in [-0.2, -0.15) is 17.7 Å². The molecule has 2 aliphatic heterocycles. The monoisotopic (exact) mass is 393 g/mol. The van der Waals surface area contributed by atoms with Crippen LogP contribution in [0, 0.1) is 17.7 Å². The molecule has 2 fully saturated rings. The van der Waals surface area contributed by atoms with E-state index < -0.39 is 12.0 Å². The van der Waals surface area contributed by atoms with E-state index in [4.69, 9.17) is 0 Å². The molecule has 0 saturated carbocycles. The van der Waals surface area contributed by atoms with Crippen LogP contribution in [0.5, 0.6) is 0 Å². The summed E-state index contributed by atoms with van der Waals surface area (Å²) >= 11 is 0. The summed E-state index contributed by atoms with van der Waals surface area (Å²) < 4.78 is 53.0. The molecule has 11 heteroatoms. The van der Waals surface area contributed by atoms with Crippen molar-refractivity contribution in [2.75, 3.05) is 36.0 Å². The van der Waals surface area contributed by atoms with Crippen LogP contribution in [-0.2, 0) is 6.18 Å². The van der Waals surface area contributed by atoms with Crippen LogP contribution in [0.1, 0.15) is 5.82 Å². The van der Waals surface area contributed by atoms with E-state index in [9.17, 15) is 17.6 Å². The van der Waals surface area contributed by atoms with E-state index in [0.29, 0.717) is 30.7 Å². The van der Waals surface area contributed by atoms with Gasteiger partial charge >= 0.3 is 6.18 Å². The van der Waals surface area contributed by atoms with E-state index in [-0.39, 0.29) is 11.5 Å². The standard InChI is InChI=1S/C17H15F4N7/c18-12-1-2-13(22-5-12)26-6-10-8-27(9-11(10)7-26)15-4-3-14-23-24-16(17(19,20)21)28(14)25-15/h1-5,10-11H,6-9H2. The predicted molar refractivity (Wildman–Crippen MR) is 91.4 cm³/mol. The normalized spacial score (nSPS) is 22.3. The quantitative estimate of drug-likeness (QED) is 0.623. The van der Waals surface area contributed by atoms with E-state index >= 15 is 0 Å². The molecule has 146 valence electrons. The van der Waals surface area contributed by atoms with E-state index in [1.54, 1.807) is 12.1 Å². The molecule has 0 N–H and O–H groups in total. The summed E-state index contributed by atoms with van der Waals surface area (Å²) in [7, 11) is 0. The summed E-state index contributed by atoms with van der Waals surface area (Å²) in [5.41, 5.74) is 0.0593. The Balaban J connectivity index is 1.34. The third kappa shape index (κ3) is 2.81. The number of alkyl halides is 3. The number of hydrogen-bond acceptors (Lipinski definition) is 6. The van der Waals surface area contributed by atoms with Crippen LogP contribution in [0.2, 0.25) is 0 Å². The van der Waals surface area contributed by atoms with Gasteiger partial charge in [-0.1, -0.05) is 0 Å². The zero-order chi connectivity index (χ0) is 19.5. The van der Waals surface area contributed by atoms with Gasteiger partial charge in [0.2, 0.25) is 0 Å². The number of anilines is 2. The first-order valence-electron chi connectivity index (χ1n) is 8.79. The maximum absolute atomic E-state index is 13.1. The first-order chi connectivity index (χ1) is 13.4. The van der Waals surface area contributed by atoms with Gasteiger partial charge in [0.25, 0.3) is 5.82 Å². The number of pyridine rings is 1. The molecule has 3 aromatic heterocycles. The third-order valence-electron chi connectivity index (χ3n) is 5.35. The Morgan fingerprint density at radius 1 is 0.857 bits per heavy atom. The Kier molecular flexibility index (Phi) is 3.68. The van der Waals surface area contributed by atoms with Gasteiger partial charge in [0.15, 0.2) is 5.65 Å². The summed E-state index contributed by atoms with van der Waals surface area (Å²) in [6, 6.07) is 6.21. The molecule has 2 aliphatic rings. The highest BCUT2D eigenvalue weighted by molar-refractivity contribution is 5.48. The van der Waals surface area contributed by atoms with Crippen molar-refractivity contribution in [3.05, 3.63) is 42.1 Å². The molecular weight excluding hydrogens is 378 g/mol. The highest BCUT2D eigenvalue weighted by Gasteiger charge is 2.42. The Hall–Kier alpha value is -2.98. The minimum Gasteiger partial charge on any atom is -0.356 e. The fourth-order valence-electron chi connectivity index (χ4n) is 4.05. The Morgan fingerprint density at radius 3 is 2.11 bits per heavy atom. The molecule has 0 amide bonds. The predicted octanol–water partition coefficient (Wildman–Crippen LogP) is 2.25. The van der Waals surface area contributed by atoms with Gasteiger partial charge in [-0.3, -0.25) is 0 Å². The number of rotatable bonds is 2. The van der Waals surface area contributed by atoms with Gasteiger partial charge in [-0.25, -0.2) is 9.37 Å². The molecule has 5 heterocycles. The highest BCUT2D eigenvalue weighted by Crippen LogP contribution is 2.35. The molecule has 2 unspecified atom stereocenters. The molecule has 0 aromatic carbocycles. The minimum absolute atomic E-state index is 0.0593. The van der Waals surface area contributed by atoms with Crippen LogP contribution in [0.25, 0.3) is 5.65 Å². The van der Waals surface area contributed by atoms with Crippen molar-refractivity contribution in [2.24, 2.45) is 11.8 Å². The number of nitrogens with zero attached hydrogens (tertiary/aromatic N) is 7. The lowest BCUT2D eigenvalue weighted by atomic mass is 10.0. The van der Waals surface area contributed by atoms with Crippen molar-refractivity contribution < 1.29 is 17.6 Å². The van der Waals surface area contributed by atoms with Gasteiger partial charge in [0, 0.05) is 38.0 Å². The minimum atomic E-state index is -4.62. The van der Waals surface area contributed by atoms with Crippen molar-refractivity contribution >= 4 is 17.3 Å². The average Bonchev–Trinajstić information content (AvgIpc) is 3.33. The number of halogens is 4. The molecular formula is C17H15F4N7. The maximum atomic E-state index is 13.1. The molecule has 2 atom stereocenters. The molecule has 3 aromatic rings. The Morgan fingerprint density at radius 2 is 1.50 bits per heavy atom. The summed E-state index contributed by atoms with van der Waals surface area (Å²) in [6.07, 6.45) is -3.42. The van der Waals surface area contributed by atoms with Crippen molar-refractivity contribution in [3.63, 3.8) is 0 Å². The fourth-order valence-corrected chi connectivity index (χ4v) is 4.05. The van der Waals surface area contributed by atoms with E-state index in [1.807, 2.05) is 4.90 Å². The topological polar surface area (TPSA) is 62.5 Å². The first-order valence-corrected chi connectivity index (χ1v) is 8.79. The molecule has 2 saturated heterocycles. The number of aromatic nitrogens is 5. The van der Waals surface area contributed by atoms with Gasteiger partial charge in [0.05, 0.1) is 6.20 Å². The largest absolute Gasteiger partial charge is 0.453 e. The second-order valence-electron chi connectivity index (χ2n) is 7.15. The van der Waals surface area contributed by atoms with Gasteiger partial charge in [0.1, 0.15) is 17.5 Å². The Labute approximate surface area is 156 Å². The van der Waals surface area contributed by atoms with Crippen LogP contribution >= 0.6 is 0 Å². The van der Waals surface area contributed by atoms with Crippen LogP contribution in [-0.4, -0.2) is 51.0 Å². The van der Waals surface area contributed by atoms with E-state index in [0.717, 1.165) is 23.4 Å². The van der Waals surface area contributed by atoms with Gasteiger partial charge < -0.3 is 9.80 Å². The summed E-state index contributed by atoms with van der Waals surface area (Å²) in [6.45, 7) is 2.90. The lowest BCUT2D eigenvalue weighted by Crippen LogP contribution is -2.30. The third-order valence-corrected chi connectivity index (χ3v) is 5.35. The first kappa shape index (κ1) is 17.1. The lowest BCUT2D eigenvalue weighted by Gasteiger charge is -2.23. The molecule has 7 nitrogen and oxygen atoms in total. The zero-order valence-corrected chi connectivity index (χ0v) is 14.5. The van der Waals surface area contributed by atoms with Crippen LogP contribution < -0.4 is 9.80 Å². The maximum Gasteiger partial charge on any atom is 0.453 e. The van der Waals surface area contributed by atoms with E-state index in [2.05, 4.69) is 25.2 Å². The van der Waals surface area contributed by atoms with E-state index in [1.165, 1.54) is 18.3 Å². The second kappa shape index (κ2) is 6.01. The van der Waals surface area contributed by atoms with Crippen LogP contribution in [0.15, 0.2) is 30.5 Å². The van der Waals surface area contributed by atoms with Gasteiger partial charge in [-0.15, -0.1) is 15.3 Å². The van der Waals surface area contributed by atoms with Crippen molar-refractivity contribution in [1.29, 1.82) is 0 Å². The summed E-state index contributed by atoms with van der Waals surface area (Å²) in [5, 5.41) is 10.9. The average molecular weight is 393 g/mol. The van der Waals surface area contributed by atoms with Crippen molar-refractivity contribution in [2.45, 2.75) is 6.18 Å². The lowest BCUT2D eigenvalue weighted by molar-refractivity contribution is -0.146. The number of fused-ring (bicyclic) bond motifs is 2. The summed E-state index contributed by atoms with van der Waals surface area (Å²) in [4.78, 5) is 8.23. The zero-order valence-electron chi connectivity index (χ0n) is 14.5. The van der Waals surface area contributed by atoms with Crippen LogP contribution in [0.3, 0.4) is 0 Å². The van der Waals surface area contributed by atoms with Gasteiger partial charge in [-0.05, 0) is 24.3 Å². The smallest absolute Gasteiger partial charge is 0.356 e. The SMILES string of the molecule is Fc1ccc(N2CC3CN(c4ccc5nnc(C(F)(F)F)n5n4)CC3C2)nc1. The van der Waals surface area contributed by atoms with Crippen LogP contribution in [0.4, 0.5) is 29.2 Å². The van der Waals surface area contributed by atoms with Crippen molar-refractivity contribution in [3.8, 4) is 0 Å². The second-order valence-corrected chi connectivity index (χ2v) is 7.15. The summed E-state index contributed by atoms with van der Waals surface area (Å²) in [5.74, 6) is 0.389. The highest BCUT2D eigenvalue weighted by atomic mass is 19.4. The Bertz CT molecular complexity index is 1000. The molecule has 0 aliphatic carbocycles. The molecule has 0 radical (unpaired) electrons. The van der Waals surface area contributed by atoms with Crippen molar-refractivity contribution in [1.82, 2.24) is 24.8 Å². The number of hydrogen-bond donors (Lipinski definition) is 0. The molecule has 5 rings (SSSR count).